The fourth-order valence-corrected chi connectivity index (χ4v) is 2.85. The van der Waals surface area contributed by atoms with Crippen LogP contribution >= 0.6 is 0 Å². The van der Waals surface area contributed by atoms with Gasteiger partial charge in [-0.2, -0.15) is 0 Å². The summed E-state index contributed by atoms with van der Waals surface area (Å²) >= 11 is 0. The monoisotopic (exact) mass is 304 g/mol. The summed E-state index contributed by atoms with van der Waals surface area (Å²) < 4.78 is 36.4. The van der Waals surface area contributed by atoms with Crippen LogP contribution < -0.4 is 4.72 Å². The van der Waals surface area contributed by atoms with Gasteiger partial charge in [0.2, 0.25) is 10.0 Å². The number of nitrogens with zero attached hydrogens (tertiary/aromatic N) is 1. The number of non-ortho nitro benzene ring substituents is 1. The first-order valence-electron chi connectivity index (χ1n) is 5.64. The predicted molar refractivity (Wildman–Crippen MR) is 70.7 cm³/mol. The zero-order chi connectivity index (χ0) is 15.3. The Morgan fingerprint density at radius 3 is 2.10 bits per heavy atom. The van der Waals surface area contributed by atoms with Gasteiger partial charge in [0.05, 0.1) is 15.9 Å². The van der Waals surface area contributed by atoms with E-state index in [0.717, 1.165) is 12.1 Å². The van der Waals surface area contributed by atoms with Crippen molar-refractivity contribution in [2.75, 3.05) is 14.2 Å². The van der Waals surface area contributed by atoms with Crippen molar-refractivity contribution in [1.82, 2.24) is 4.72 Å². The lowest BCUT2D eigenvalue weighted by Gasteiger charge is -2.21. The van der Waals surface area contributed by atoms with E-state index in [4.69, 9.17) is 9.47 Å². The van der Waals surface area contributed by atoms with E-state index in [1.54, 1.807) is 6.92 Å². The molecule has 1 aromatic carbocycles. The van der Waals surface area contributed by atoms with Crippen LogP contribution in [0, 0.1) is 10.1 Å². The van der Waals surface area contributed by atoms with E-state index in [9.17, 15) is 18.5 Å². The molecule has 0 saturated carbocycles. The summed E-state index contributed by atoms with van der Waals surface area (Å²) in [5.41, 5.74) is -0.177. The Bertz CT molecular complexity index is 553. The van der Waals surface area contributed by atoms with E-state index < -0.39 is 27.3 Å². The van der Waals surface area contributed by atoms with Gasteiger partial charge in [0.15, 0.2) is 6.29 Å². The van der Waals surface area contributed by atoms with Crippen molar-refractivity contribution in [1.29, 1.82) is 0 Å². The van der Waals surface area contributed by atoms with Crippen LogP contribution in [-0.4, -0.2) is 39.9 Å². The molecule has 0 bridgehead atoms. The molecule has 0 aliphatic carbocycles. The van der Waals surface area contributed by atoms with Gasteiger partial charge in [0, 0.05) is 26.4 Å². The quantitative estimate of drug-likeness (QED) is 0.455. The molecule has 0 amide bonds. The Labute approximate surface area is 116 Å². The van der Waals surface area contributed by atoms with Crippen LogP contribution in [0.2, 0.25) is 0 Å². The van der Waals surface area contributed by atoms with Crippen LogP contribution in [0.3, 0.4) is 0 Å². The number of ether oxygens (including phenoxy) is 2. The molecule has 0 spiro atoms. The number of methoxy groups -OCH3 is 2. The molecule has 8 nitrogen and oxygen atoms in total. The molecule has 1 rings (SSSR count). The lowest BCUT2D eigenvalue weighted by atomic mass is 10.3. The van der Waals surface area contributed by atoms with Gasteiger partial charge in [0.1, 0.15) is 0 Å². The molecular formula is C11H16N2O6S. The van der Waals surface area contributed by atoms with Crippen LogP contribution in [0.25, 0.3) is 0 Å². The molecule has 1 unspecified atom stereocenters. The zero-order valence-electron chi connectivity index (χ0n) is 11.3. The van der Waals surface area contributed by atoms with Crippen LogP contribution in [0.15, 0.2) is 29.2 Å². The number of rotatable bonds is 7. The second-order valence-corrected chi connectivity index (χ2v) is 5.71. The van der Waals surface area contributed by atoms with Gasteiger partial charge in [-0.25, -0.2) is 13.1 Å². The molecule has 0 aromatic heterocycles. The van der Waals surface area contributed by atoms with Gasteiger partial charge >= 0.3 is 0 Å². The molecule has 0 fully saturated rings. The molecule has 20 heavy (non-hydrogen) atoms. The van der Waals surface area contributed by atoms with Crippen LogP contribution in [-0.2, 0) is 19.5 Å². The maximum Gasteiger partial charge on any atom is 0.269 e. The van der Waals surface area contributed by atoms with Gasteiger partial charge in [-0.05, 0) is 19.1 Å². The van der Waals surface area contributed by atoms with Crippen LogP contribution in [0.1, 0.15) is 6.92 Å². The van der Waals surface area contributed by atoms with Crippen molar-refractivity contribution in [3.05, 3.63) is 34.4 Å². The van der Waals surface area contributed by atoms with Gasteiger partial charge < -0.3 is 9.47 Å². The molecule has 0 aliphatic rings. The van der Waals surface area contributed by atoms with Gasteiger partial charge in [0.25, 0.3) is 5.69 Å². The molecule has 9 heteroatoms. The third-order valence-electron chi connectivity index (χ3n) is 2.57. The van der Waals surface area contributed by atoms with Gasteiger partial charge in [-0.15, -0.1) is 0 Å². The minimum atomic E-state index is -3.80. The highest BCUT2D eigenvalue weighted by molar-refractivity contribution is 7.89. The Morgan fingerprint density at radius 1 is 1.20 bits per heavy atom. The molecule has 1 atom stereocenters. The summed E-state index contributed by atoms with van der Waals surface area (Å²) in [5.74, 6) is 0. The smallest absolute Gasteiger partial charge is 0.269 e. The van der Waals surface area contributed by atoms with Gasteiger partial charge in [-0.1, -0.05) is 0 Å². The minimum Gasteiger partial charge on any atom is -0.354 e. The number of sulfonamides is 1. The summed E-state index contributed by atoms with van der Waals surface area (Å²) in [6.07, 6.45) is -0.733. The second-order valence-electron chi connectivity index (χ2n) is 4.00. The molecule has 112 valence electrons. The Kier molecular flexibility index (Phi) is 5.57. The first-order valence-corrected chi connectivity index (χ1v) is 7.12. The summed E-state index contributed by atoms with van der Waals surface area (Å²) in [4.78, 5) is 9.85. The molecular weight excluding hydrogens is 288 g/mol. The van der Waals surface area contributed by atoms with E-state index >= 15 is 0 Å². The average Bonchev–Trinajstić information content (AvgIpc) is 2.39. The Morgan fingerprint density at radius 2 is 1.70 bits per heavy atom. The summed E-state index contributed by atoms with van der Waals surface area (Å²) in [6.45, 7) is 1.58. The second kappa shape index (κ2) is 6.75. The van der Waals surface area contributed by atoms with Crippen molar-refractivity contribution in [3.63, 3.8) is 0 Å². The minimum absolute atomic E-state index is 0.0686. The number of nitro benzene ring substituents is 1. The first-order chi connectivity index (χ1) is 9.31. The third kappa shape index (κ3) is 3.97. The van der Waals surface area contributed by atoms with Crippen molar-refractivity contribution in [2.45, 2.75) is 24.2 Å². The van der Waals surface area contributed by atoms with Crippen molar-refractivity contribution >= 4 is 15.7 Å². The van der Waals surface area contributed by atoms with E-state index in [0.29, 0.717) is 0 Å². The largest absolute Gasteiger partial charge is 0.354 e. The lowest BCUT2D eigenvalue weighted by Crippen LogP contribution is -2.42. The van der Waals surface area contributed by atoms with Crippen LogP contribution in [0.4, 0.5) is 5.69 Å². The molecule has 0 radical (unpaired) electrons. The van der Waals surface area contributed by atoms with Crippen molar-refractivity contribution in [3.8, 4) is 0 Å². The van der Waals surface area contributed by atoms with Crippen LogP contribution in [0.5, 0.6) is 0 Å². The molecule has 1 N–H and O–H groups in total. The SMILES string of the molecule is COC(OC)C(C)NS(=O)(=O)c1ccc([N+](=O)[O-])cc1. The molecule has 0 heterocycles. The fourth-order valence-electron chi connectivity index (χ4n) is 1.62. The number of hydrogen-bond acceptors (Lipinski definition) is 6. The van der Waals surface area contributed by atoms with E-state index in [-0.39, 0.29) is 10.6 Å². The van der Waals surface area contributed by atoms with E-state index in [2.05, 4.69) is 4.72 Å². The Balaban J connectivity index is 2.91. The van der Waals surface area contributed by atoms with E-state index in [1.165, 1.54) is 26.4 Å². The number of nitrogens with one attached hydrogen (secondary N) is 1. The predicted octanol–water partition coefficient (Wildman–Crippen LogP) is 0.880. The topological polar surface area (TPSA) is 108 Å². The highest BCUT2D eigenvalue weighted by Crippen LogP contribution is 2.16. The molecule has 1 aromatic rings. The van der Waals surface area contributed by atoms with Crippen molar-refractivity contribution in [2.24, 2.45) is 0 Å². The summed E-state index contributed by atoms with van der Waals surface area (Å²) in [6, 6.07) is 3.97. The fraction of sp³-hybridized carbons (Fsp3) is 0.455. The number of benzene rings is 1. The highest BCUT2D eigenvalue weighted by Gasteiger charge is 2.23. The Hall–Kier alpha value is -1.55. The third-order valence-corrected chi connectivity index (χ3v) is 4.15. The maximum atomic E-state index is 12.1. The first kappa shape index (κ1) is 16.5. The summed E-state index contributed by atoms with van der Waals surface area (Å²) in [5, 5.41) is 10.5. The van der Waals surface area contributed by atoms with Gasteiger partial charge in [-0.3, -0.25) is 10.1 Å². The standard InChI is InChI=1S/C11H16N2O6S/c1-8(11(18-2)19-3)12-20(16,17)10-6-4-9(5-7-10)13(14)15/h4-8,11-12H,1-3H3. The lowest BCUT2D eigenvalue weighted by molar-refractivity contribution is -0.384. The van der Waals surface area contributed by atoms with Crippen molar-refractivity contribution < 1.29 is 22.8 Å². The number of nitro groups is 1. The maximum absolute atomic E-state index is 12.1. The zero-order valence-corrected chi connectivity index (χ0v) is 12.1. The number of hydrogen-bond donors (Lipinski definition) is 1. The summed E-state index contributed by atoms with van der Waals surface area (Å²) in [7, 11) is -1.01. The molecule has 0 saturated heterocycles. The van der Waals surface area contributed by atoms with E-state index in [1.807, 2.05) is 0 Å². The molecule has 0 aliphatic heterocycles. The average molecular weight is 304 g/mol. The highest BCUT2D eigenvalue weighted by atomic mass is 32.2. The normalized spacial score (nSPS) is 13.4.